The average Bonchev–Trinajstić information content (AvgIpc) is 2.36. The quantitative estimate of drug-likeness (QED) is 0.442. The predicted octanol–water partition coefficient (Wildman–Crippen LogP) is 1.45. The molecule has 0 spiro atoms. The number of rotatable bonds is 4. The summed E-state index contributed by atoms with van der Waals surface area (Å²) in [5, 5.41) is 14.0. The van der Waals surface area contributed by atoms with Crippen LogP contribution in [0.15, 0.2) is 39.1 Å². The van der Waals surface area contributed by atoms with Crippen molar-refractivity contribution < 1.29 is 4.92 Å². The molecule has 1 heterocycles. The standard InChI is InChI=1S/C11H11N5O3S/c1-13-6-2-7(16(18)19)4-8(3-6)20-11-14-9(12)5-10(17)15-11/h2-5,13H,1H3,(H3,12,14,15,17). The van der Waals surface area contributed by atoms with Gasteiger partial charge in [0.15, 0.2) is 5.16 Å². The summed E-state index contributed by atoms with van der Waals surface area (Å²) in [6, 6.07) is 5.69. The van der Waals surface area contributed by atoms with Crippen molar-refractivity contribution in [2.75, 3.05) is 18.1 Å². The van der Waals surface area contributed by atoms with Crippen LogP contribution in [0.4, 0.5) is 17.2 Å². The third kappa shape index (κ3) is 3.26. The number of nitrogens with zero attached hydrogens (tertiary/aromatic N) is 2. The number of aromatic amines is 1. The summed E-state index contributed by atoms with van der Waals surface area (Å²) in [5.41, 5.74) is 5.65. The maximum Gasteiger partial charge on any atom is 0.272 e. The highest BCUT2D eigenvalue weighted by atomic mass is 32.2. The topological polar surface area (TPSA) is 127 Å². The highest BCUT2D eigenvalue weighted by Gasteiger charge is 2.11. The van der Waals surface area contributed by atoms with Gasteiger partial charge in [0.25, 0.3) is 11.2 Å². The molecule has 0 aliphatic rings. The average molecular weight is 293 g/mol. The Morgan fingerprint density at radius 3 is 2.75 bits per heavy atom. The van der Waals surface area contributed by atoms with Crippen LogP contribution >= 0.6 is 11.8 Å². The van der Waals surface area contributed by atoms with E-state index < -0.39 is 4.92 Å². The molecule has 0 saturated heterocycles. The van der Waals surface area contributed by atoms with E-state index in [0.29, 0.717) is 10.6 Å². The zero-order valence-corrected chi connectivity index (χ0v) is 11.2. The molecule has 2 aromatic rings. The maximum atomic E-state index is 11.3. The molecule has 1 aromatic heterocycles. The number of H-pyrrole nitrogens is 1. The molecule has 0 aliphatic heterocycles. The first-order chi connectivity index (χ1) is 9.47. The summed E-state index contributed by atoms with van der Waals surface area (Å²) in [4.78, 5) is 28.7. The largest absolute Gasteiger partial charge is 0.388 e. The summed E-state index contributed by atoms with van der Waals surface area (Å²) in [6.45, 7) is 0. The highest BCUT2D eigenvalue weighted by molar-refractivity contribution is 7.99. The van der Waals surface area contributed by atoms with E-state index in [0.717, 1.165) is 17.8 Å². The normalized spacial score (nSPS) is 10.2. The van der Waals surface area contributed by atoms with E-state index in [1.165, 1.54) is 12.1 Å². The number of nitrogen functional groups attached to an aromatic ring is 1. The summed E-state index contributed by atoms with van der Waals surface area (Å²) < 4.78 is 0. The summed E-state index contributed by atoms with van der Waals surface area (Å²) >= 11 is 1.09. The van der Waals surface area contributed by atoms with E-state index in [1.807, 2.05) is 0 Å². The Labute approximate surface area is 117 Å². The van der Waals surface area contributed by atoms with Crippen LogP contribution in [-0.2, 0) is 0 Å². The third-order valence-electron chi connectivity index (χ3n) is 2.35. The third-order valence-corrected chi connectivity index (χ3v) is 3.20. The van der Waals surface area contributed by atoms with Gasteiger partial charge in [0.05, 0.1) is 4.92 Å². The van der Waals surface area contributed by atoms with Crippen molar-refractivity contribution in [1.82, 2.24) is 9.97 Å². The molecule has 0 aliphatic carbocycles. The van der Waals surface area contributed by atoms with Gasteiger partial charge < -0.3 is 16.0 Å². The fourth-order valence-electron chi connectivity index (χ4n) is 1.51. The lowest BCUT2D eigenvalue weighted by Gasteiger charge is -2.05. The van der Waals surface area contributed by atoms with Crippen LogP contribution in [0.1, 0.15) is 0 Å². The molecule has 8 nitrogen and oxygen atoms in total. The van der Waals surface area contributed by atoms with Gasteiger partial charge in [-0.05, 0) is 6.07 Å². The van der Waals surface area contributed by atoms with Crippen molar-refractivity contribution in [3.05, 3.63) is 44.7 Å². The number of hydrogen-bond donors (Lipinski definition) is 3. The number of nitro benzene ring substituents is 1. The molecule has 0 radical (unpaired) electrons. The number of nitrogens with two attached hydrogens (primary N) is 1. The van der Waals surface area contributed by atoms with Gasteiger partial charge in [-0.25, -0.2) is 4.98 Å². The molecule has 4 N–H and O–H groups in total. The molecular formula is C11H11N5O3S. The Balaban J connectivity index is 2.39. The first kappa shape index (κ1) is 13.9. The Bertz CT molecular complexity index is 715. The van der Waals surface area contributed by atoms with Crippen molar-refractivity contribution in [1.29, 1.82) is 0 Å². The predicted molar refractivity (Wildman–Crippen MR) is 76.0 cm³/mol. The lowest BCUT2D eigenvalue weighted by atomic mass is 10.3. The molecule has 0 unspecified atom stereocenters. The Morgan fingerprint density at radius 2 is 2.15 bits per heavy atom. The SMILES string of the molecule is CNc1cc(Sc2nc(N)cc(=O)[nH]2)cc([N+](=O)[O-])c1. The van der Waals surface area contributed by atoms with Crippen LogP contribution < -0.4 is 16.6 Å². The lowest BCUT2D eigenvalue weighted by molar-refractivity contribution is -0.385. The Morgan fingerprint density at radius 1 is 1.40 bits per heavy atom. The van der Waals surface area contributed by atoms with E-state index in [-0.39, 0.29) is 22.2 Å². The highest BCUT2D eigenvalue weighted by Crippen LogP contribution is 2.30. The van der Waals surface area contributed by atoms with Crippen molar-refractivity contribution in [2.45, 2.75) is 10.1 Å². The van der Waals surface area contributed by atoms with Crippen molar-refractivity contribution in [3.63, 3.8) is 0 Å². The van der Waals surface area contributed by atoms with Crippen LogP contribution in [0.5, 0.6) is 0 Å². The molecule has 0 amide bonds. The Hall–Kier alpha value is -2.55. The second-order valence-electron chi connectivity index (χ2n) is 3.80. The number of nitrogens with one attached hydrogen (secondary N) is 2. The van der Waals surface area contributed by atoms with Gasteiger partial charge >= 0.3 is 0 Å². The summed E-state index contributed by atoms with van der Waals surface area (Å²) in [6.07, 6.45) is 0. The molecular weight excluding hydrogens is 282 g/mol. The number of non-ortho nitro benzene ring substituents is 1. The number of aromatic nitrogens is 2. The van der Waals surface area contributed by atoms with Gasteiger partial charge in [-0.1, -0.05) is 11.8 Å². The molecule has 9 heteroatoms. The molecule has 104 valence electrons. The van der Waals surface area contributed by atoms with Crippen molar-refractivity contribution in [3.8, 4) is 0 Å². The van der Waals surface area contributed by atoms with Crippen molar-refractivity contribution in [2.24, 2.45) is 0 Å². The Kier molecular flexibility index (Phi) is 3.89. The fraction of sp³-hybridized carbons (Fsp3) is 0.0909. The number of anilines is 2. The minimum Gasteiger partial charge on any atom is -0.388 e. The zero-order valence-electron chi connectivity index (χ0n) is 10.4. The van der Waals surface area contributed by atoms with Gasteiger partial charge in [-0.3, -0.25) is 14.9 Å². The maximum absolute atomic E-state index is 11.3. The molecule has 20 heavy (non-hydrogen) atoms. The van der Waals surface area contributed by atoms with Gasteiger partial charge in [-0.2, -0.15) is 0 Å². The number of hydrogen-bond acceptors (Lipinski definition) is 7. The molecule has 2 rings (SSSR count). The molecule has 0 atom stereocenters. The van der Waals surface area contributed by atoms with E-state index in [9.17, 15) is 14.9 Å². The molecule has 0 fully saturated rings. The fourth-order valence-corrected chi connectivity index (χ4v) is 2.40. The molecule has 1 aromatic carbocycles. The summed E-state index contributed by atoms with van der Waals surface area (Å²) in [7, 11) is 1.66. The van der Waals surface area contributed by atoms with Crippen LogP contribution in [0.3, 0.4) is 0 Å². The van der Waals surface area contributed by atoms with E-state index in [1.54, 1.807) is 13.1 Å². The van der Waals surface area contributed by atoms with Crippen LogP contribution in [0, 0.1) is 10.1 Å². The van der Waals surface area contributed by atoms with Crippen molar-refractivity contribution >= 4 is 29.0 Å². The first-order valence-electron chi connectivity index (χ1n) is 5.50. The number of benzene rings is 1. The van der Waals surface area contributed by atoms with Gasteiger partial charge in [0, 0.05) is 35.8 Å². The number of nitro groups is 1. The van der Waals surface area contributed by atoms with E-state index in [2.05, 4.69) is 15.3 Å². The zero-order chi connectivity index (χ0) is 14.7. The lowest BCUT2D eigenvalue weighted by Crippen LogP contribution is -2.09. The second-order valence-corrected chi connectivity index (χ2v) is 4.86. The first-order valence-corrected chi connectivity index (χ1v) is 6.31. The van der Waals surface area contributed by atoms with E-state index in [4.69, 9.17) is 5.73 Å². The van der Waals surface area contributed by atoms with Gasteiger partial charge in [0.1, 0.15) is 5.82 Å². The minimum atomic E-state index is -0.486. The monoisotopic (exact) mass is 293 g/mol. The second kappa shape index (κ2) is 5.61. The van der Waals surface area contributed by atoms with Crippen LogP contribution in [0.25, 0.3) is 0 Å². The van der Waals surface area contributed by atoms with Crippen LogP contribution in [-0.4, -0.2) is 21.9 Å². The summed E-state index contributed by atoms with van der Waals surface area (Å²) in [5.74, 6) is 0.0931. The van der Waals surface area contributed by atoms with Gasteiger partial charge in [-0.15, -0.1) is 0 Å². The van der Waals surface area contributed by atoms with Crippen LogP contribution in [0.2, 0.25) is 0 Å². The smallest absolute Gasteiger partial charge is 0.272 e. The minimum absolute atomic E-state index is 0.0504. The molecule has 0 saturated carbocycles. The van der Waals surface area contributed by atoms with E-state index >= 15 is 0 Å². The molecule has 0 bridgehead atoms. The van der Waals surface area contributed by atoms with Gasteiger partial charge in [0.2, 0.25) is 0 Å².